The van der Waals surface area contributed by atoms with E-state index in [1.807, 2.05) is 13.8 Å². The van der Waals surface area contributed by atoms with Gasteiger partial charge in [0.1, 0.15) is 6.61 Å². The van der Waals surface area contributed by atoms with Crippen LogP contribution in [-0.2, 0) is 9.47 Å². The molecule has 0 unspecified atom stereocenters. The number of alkyl carbamates (subject to hydrolysis) is 1. The molecule has 138 valence electrons. The van der Waals surface area contributed by atoms with Crippen molar-refractivity contribution in [3.8, 4) is 0 Å². The zero-order chi connectivity index (χ0) is 17.9. The van der Waals surface area contributed by atoms with E-state index in [0.29, 0.717) is 37.1 Å². The Morgan fingerprint density at radius 3 is 2.79 bits per heavy atom. The fourth-order valence-corrected chi connectivity index (χ4v) is 4.53. The van der Waals surface area contributed by atoms with Gasteiger partial charge in [0.25, 0.3) is 0 Å². The number of nitrogens with one attached hydrogen (secondary N) is 1. The Balaban J connectivity index is 2.13. The van der Waals surface area contributed by atoms with Gasteiger partial charge in [-0.3, -0.25) is 0 Å². The second-order valence-corrected chi connectivity index (χ2v) is 8.11. The topological polar surface area (TPSA) is 47.6 Å². The number of carbonyl (C=O) groups is 1. The van der Waals surface area contributed by atoms with Gasteiger partial charge in [-0.1, -0.05) is 45.3 Å². The normalized spacial score (nSPS) is 35.5. The molecule has 2 bridgehead atoms. The summed E-state index contributed by atoms with van der Waals surface area (Å²) in [5.74, 6) is 1.25. The van der Waals surface area contributed by atoms with Crippen LogP contribution in [0.25, 0.3) is 0 Å². The first kappa shape index (κ1) is 19.3. The summed E-state index contributed by atoms with van der Waals surface area (Å²) in [6.45, 7) is 14.0. The van der Waals surface area contributed by atoms with Gasteiger partial charge in [0.15, 0.2) is 0 Å². The summed E-state index contributed by atoms with van der Waals surface area (Å²) in [6, 6.07) is 0.0899. The van der Waals surface area contributed by atoms with E-state index in [2.05, 4.69) is 39.1 Å². The van der Waals surface area contributed by atoms with Gasteiger partial charge in [0.2, 0.25) is 0 Å². The van der Waals surface area contributed by atoms with Crippen LogP contribution in [0.2, 0.25) is 0 Å². The Morgan fingerprint density at radius 2 is 2.17 bits per heavy atom. The first-order chi connectivity index (χ1) is 11.3. The maximum Gasteiger partial charge on any atom is 0.407 e. The summed E-state index contributed by atoms with van der Waals surface area (Å²) < 4.78 is 11.9. The average Bonchev–Trinajstić information content (AvgIpc) is 2.49. The second-order valence-electron chi connectivity index (χ2n) is 8.11. The molecule has 2 aliphatic rings. The number of unbranched alkanes of at least 4 members (excludes halogenated alkanes) is 1. The number of allylic oxidation sites excluding steroid dienone is 1. The Hall–Kier alpha value is -1.03. The van der Waals surface area contributed by atoms with Crippen LogP contribution >= 0.6 is 0 Å². The second kappa shape index (κ2) is 7.90. The molecule has 1 saturated heterocycles. The third-order valence-corrected chi connectivity index (χ3v) is 6.08. The lowest BCUT2D eigenvalue weighted by Crippen LogP contribution is -2.57. The van der Waals surface area contributed by atoms with Gasteiger partial charge < -0.3 is 14.8 Å². The van der Waals surface area contributed by atoms with Crippen LogP contribution in [0.5, 0.6) is 0 Å². The Morgan fingerprint density at radius 1 is 1.46 bits per heavy atom. The number of rotatable bonds is 6. The van der Waals surface area contributed by atoms with E-state index in [-0.39, 0.29) is 17.6 Å². The molecular formula is C20H35NO3. The molecule has 1 aliphatic carbocycles. The van der Waals surface area contributed by atoms with Crippen LogP contribution < -0.4 is 5.32 Å². The van der Waals surface area contributed by atoms with Gasteiger partial charge in [-0.15, -0.1) is 0 Å². The van der Waals surface area contributed by atoms with Crippen molar-refractivity contribution in [3.63, 3.8) is 0 Å². The summed E-state index contributed by atoms with van der Waals surface area (Å²) >= 11 is 0. The zero-order valence-corrected chi connectivity index (χ0v) is 16.2. The number of hydrogen-bond acceptors (Lipinski definition) is 3. The van der Waals surface area contributed by atoms with Crippen LogP contribution in [0.15, 0.2) is 11.6 Å². The van der Waals surface area contributed by atoms with Crippen LogP contribution in [0.1, 0.15) is 60.8 Å². The van der Waals surface area contributed by atoms with E-state index in [0.717, 1.165) is 6.42 Å². The maximum atomic E-state index is 11.9. The number of hydrogen-bond donors (Lipinski definition) is 1. The van der Waals surface area contributed by atoms with Gasteiger partial charge in [0, 0.05) is 17.4 Å². The largest absolute Gasteiger partial charge is 0.449 e. The quantitative estimate of drug-likeness (QED) is 0.724. The van der Waals surface area contributed by atoms with Crippen LogP contribution in [0.3, 0.4) is 0 Å². The smallest absolute Gasteiger partial charge is 0.407 e. The minimum atomic E-state index is -0.324. The van der Waals surface area contributed by atoms with Gasteiger partial charge in [-0.25, -0.2) is 4.79 Å². The summed E-state index contributed by atoms with van der Waals surface area (Å²) in [5, 5.41) is 2.81. The fourth-order valence-electron chi connectivity index (χ4n) is 4.53. The number of fused-ring (bicyclic) bond motifs is 2. The first-order valence-electron chi connectivity index (χ1n) is 9.55. The van der Waals surface area contributed by atoms with Crippen molar-refractivity contribution in [2.24, 2.45) is 23.2 Å². The zero-order valence-electron chi connectivity index (χ0n) is 16.2. The van der Waals surface area contributed by atoms with Gasteiger partial charge in [-0.2, -0.15) is 0 Å². The third kappa shape index (κ3) is 3.79. The Labute approximate surface area is 147 Å². The Kier molecular flexibility index (Phi) is 6.35. The molecule has 0 aromatic heterocycles. The summed E-state index contributed by atoms with van der Waals surface area (Å²) in [4.78, 5) is 11.9. The molecule has 0 spiro atoms. The highest BCUT2D eigenvalue weighted by Gasteiger charge is 2.53. The lowest BCUT2D eigenvalue weighted by Gasteiger charge is -2.55. The molecule has 4 nitrogen and oxygen atoms in total. The minimum absolute atomic E-state index is 0.0899. The molecule has 0 saturated carbocycles. The van der Waals surface area contributed by atoms with E-state index in [1.165, 1.54) is 18.4 Å². The van der Waals surface area contributed by atoms with Gasteiger partial charge in [-0.05, 0) is 39.0 Å². The minimum Gasteiger partial charge on any atom is -0.449 e. The van der Waals surface area contributed by atoms with Crippen molar-refractivity contribution in [1.29, 1.82) is 0 Å². The molecule has 24 heavy (non-hydrogen) atoms. The molecule has 1 amide bonds. The number of ether oxygens (including phenoxy) is 2. The fraction of sp³-hybridized carbons (Fsp3) is 0.850. The van der Waals surface area contributed by atoms with E-state index in [4.69, 9.17) is 9.47 Å². The van der Waals surface area contributed by atoms with Crippen molar-refractivity contribution < 1.29 is 14.3 Å². The summed E-state index contributed by atoms with van der Waals surface area (Å²) in [5.41, 5.74) is 1.33. The maximum absolute atomic E-state index is 11.9. The summed E-state index contributed by atoms with van der Waals surface area (Å²) in [7, 11) is 0. The molecule has 0 aromatic carbocycles. The van der Waals surface area contributed by atoms with Crippen molar-refractivity contribution in [2.45, 2.75) is 73.0 Å². The van der Waals surface area contributed by atoms with Crippen molar-refractivity contribution in [3.05, 3.63) is 11.6 Å². The van der Waals surface area contributed by atoms with E-state index >= 15 is 0 Å². The van der Waals surface area contributed by atoms with E-state index in [1.54, 1.807) is 0 Å². The van der Waals surface area contributed by atoms with Crippen LogP contribution in [-0.4, -0.2) is 31.5 Å². The molecule has 0 aromatic rings. The van der Waals surface area contributed by atoms with Gasteiger partial charge in [0.05, 0.1) is 12.7 Å². The van der Waals surface area contributed by atoms with Gasteiger partial charge >= 0.3 is 6.09 Å². The predicted octanol–water partition coefficient (Wildman–Crippen LogP) is 4.54. The SMILES string of the molecule is CCCC[C@H]1OC[C@@]2(COC(=O)NC(C)C)[C@H](C)C=C(C)[C@@H]1[C@H]2C. The molecule has 1 N–H and O–H groups in total. The Bertz CT molecular complexity index is 474. The predicted molar refractivity (Wildman–Crippen MR) is 96.9 cm³/mol. The highest BCUT2D eigenvalue weighted by atomic mass is 16.6. The lowest BCUT2D eigenvalue weighted by molar-refractivity contribution is -0.165. The molecule has 1 fully saturated rings. The molecule has 1 aliphatic heterocycles. The molecule has 1 heterocycles. The van der Waals surface area contributed by atoms with Crippen LogP contribution in [0, 0.1) is 23.2 Å². The standard InChI is InChI=1S/C20H35NO3/c1-7-8-9-17-18-14(4)10-15(5)20(11-23-17,16(18)6)12-24-19(22)21-13(2)3/h10,13,15-18H,7-9,11-12H2,1-6H3,(H,21,22)/t15-,16-,17-,18-,20-/m1/s1. The molecule has 0 radical (unpaired) electrons. The lowest BCUT2D eigenvalue weighted by atomic mass is 9.56. The number of carbonyl (C=O) groups excluding carboxylic acids is 1. The monoisotopic (exact) mass is 337 g/mol. The first-order valence-corrected chi connectivity index (χ1v) is 9.55. The van der Waals surface area contributed by atoms with Crippen molar-refractivity contribution in [2.75, 3.05) is 13.2 Å². The highest BCUT2D eigenvalue weighted by molar-refractivity contribution is 5.67. The van der Waals surface area contributed by atoms with Crippen molar-refractivity contribution in [1.82, 2.24) is 5.32 Å². The third-order valence-electron chi connectivity index (χ3n) is 6.08. The van der Waals surface area contributed by atoms with E-state index < -0.39 is 0 Å². The molecular weight excluding hydrogens is 302 g/mol. The number of amides is 1. The molecule has 2 rings (SSSR count). The molecule has 4 heteroatoms. The average molecular weight is 338 g/mol. The highest BCUT2D eigenvalue weighted by Crippen LogP contribution is 2.53. The van der Waals surface area contributed by atoms with E-state index in [9.17, 15) is 4.79 Å². The van der Waals surface area contributed by atoms with Crippen LogP contribution in [0.4, 0.5) is 4.79 Å². The summed E-state index contributed by atoms with van der Waals surface area (Å²) in [6.07, 6.45) is 5.89. The van der Waals surface area contributed by atoms with Crippen molar-refractivity contribution >= 4 is 6.09 Å². The molecule has 5 atom stereocenters.